The molecule has 1 heterocycles. The number of likely N-dealkylation sites (N-methyl/N-ethyl adjacent to an activating group) is 1. The van der Waals surface area contributed by atoms with Crippen molar-refractivity contribution < 1.29 is 8.42 Å². The van der Waals surface area contributed by atoms with Crippen molar-refractivity contribution in [1.29, 1.82) is 0 Å². The second-order valence-electron chi connectivity index (χ2n) is 5.60. The Morgan fingerprint density at radius 3 is 2.56 bits per heavy atom. The highest BCUT2D eigenvalue weighted by atomic mass is 32.2. The first-order valence-electron chi connectivity index (χ1n) is 7.17. The van der Waals surface area contributed by atoms with Crippen LogP contribution in [-0.2, 0) is 10.0 Å². The maximum atomic E-state index is 12.2. The van der Waals surface area contributed by atoms with Crippen molar-refractivity contribution in [1.82, 2.24) is 9.62 Å². The van der Waals surface area contributed by atoms with Crippen LogP contribution < -0.4 is 5.32 Å². The van der Waals surface area contributed by atoms with Gasteiger partial charge in [-0.15, -0.1) is 0 Å². The zero-order chi connectivity index (χ0) is 13.6. The Labute approximate surface area is 112 Å². The van der Waals surface area contributed by atoms with Crippen molar-refractivity contribution in [2.45, 2.75) is 52.5 Å². The standard InChI is InChI=1S/C13H28N2O2S/c1-4-15(11-13-7-5-6-9-14-13)18(16,17)10-8-12(2)3/h12-14H,4-11H2,1-3H3. The summed E-state index contributed by atoms with van der Waals surface area (Å²) >= 11 is 0. The minimum absolute atomic E-state index is 0.283. The van der Waals surface area contributed by atoms with Crippen molar-refractivity contribution in [3.63, 3.8) is 0 Å². The number of nitrogens with one attached hydrogen (secondary N) is 1. The average Bonchev–Trinajstić information content (AvgIpc) is 2.34. The number of nitrogens with zero attached hydrogens (tertiary/aromatic N) is 1. The van der Waals surface area contributed by atoms with E-state index in [1.165, 1.54) is 12.8 Å². The number of hydrogen-bond donors (Lipinski definition) is 1. The van der Waals surface area contributed by atoms with Crippen LogP contribution in [0, 0.1) is 5.92 Å². The summed E-state index contributed by atoms with van der Waals surface area (Å²) in [5.41, 5.74) is 0. The van der Waals surface area contributed by atoms with Gasteiger partial charge >= 0.3 is 0 Å². The molecular weight excluding hydrogens is 248 g/mol. The quantitative estimate of drug-likeness (QED) is 0.772. The molecule has 5 heteroatoms. The van der Waals surface area contributed by atoms with Gasteiger partial charge in [-0.3, -0.25) is 0 Å². The summed E-state index contributed by atoms with van der Waals surface area (Å²) in [6, 6.07) is 0.340. The van der Waals surface area contributed by atoms with E-state index in [1.54, 1.807) is 4.31 Å². The van der Waals surface area contributed by atoms with Gasteiger partial charge in [0.15, 0.2) is 0 Å². The molecule has 0 amide bonds. The largest absolute Gasteiger partial charge is 0.313 e. The fourth-order valence-electron chi connectivity index (χ4n) is 2.28. The van der Waals surface area contributed by atoms with E-state index in [0.717, 1.165) is 19.4 Å². The first-order valence-corrected chi connectivity index (χ1v) is 8.77. The number of rotatable bonds is 7. The Balaban J connectivity index is 2.52. The maximum absolute atomic E-state index is 12.2. The van der Waals surface area contributed by atoms with Crippen LogP contribution >= 0.6 is 0 Å². The molecule has 18 heavy (non-hydrogen) atoms. The topological polar surface area (TPSA) is 49.4 Å². The highest BCUT2D eigenvalue weighted by molar-refractivity contribution is 7.89. The molecule has 1 aliphatic rings. The van der Waals surface area contributed by atoms with Gasteiger partial charge in [-0.25, -0.2) is 12.7 Å². The molecule has 1 aliphatic heterocycles. The summed E-state index contributed by atoms with van der Waals surface area (Å²) in [7, 11) is -3.07. The Hall–Kier alpha value is -0.130. The number of piperidine rings is 1. The van der Waals surface area contributed by atoms with Gasteiger partial charge in [0.25, 0.3) is 0 Å². The Bertz CT molecular complexity index is 322. The van der Waals surface area contributed by atoms with Gasteiger partial charge in [0.05, 0.1) is 5.75 Å². The molecule has 1 N–H and O–H groups in total. The molecule has 0 aliphatic carbocycles. The van der Waals surface area contributed by atoms with Gasteiger partial charge in [-0.1, -0.05) is 27.2 Å². The zero-order valence-electron chi connectivity index (χ0n) is 12.0. The monoisotopic (exact) mass is 276 g/mol. The fourth-order valence-corrected chi connectivity index (χ4v) is 4.11. The summed E-state index contributed by atoms with van der Waals surface area (Å²) in [6.45, 7) is 8.29. The molecule has 0 radical (unpaired) electrons. The Morgan fingerprint density at radius 2 is 2.06 bits per heavy atom. The van der Waals surface area contributed by atoms with Gasteiger partial charge < -0.3 is 5.32 Å². The number of hydrogen-bond acceptors (Lipinski definition) is 3. The van der Waals surface area contributed by atoms with E-state index in [1.807, 2.05) is 6.92 Å². The zero-order valence-corrected chi connectivity index (χ0v) is 12.8. The van der Waals surface area contributed by atoms with Crippen LogP contribution in [0.5, 0.6) is 0 Å². The predicted octanol–water partition coefficient (Wildman–Crippen LogP) is 1.83. The van der Waals surface area contributed by atoms with Crippen molar-refractivity contribution >= 4 is 10.0 Å². The molecule has 0 spiro atoms. The third-order valence-corrected chi connectivity index (χ3v) is 5.48. The average molecular weight is 276 g/mol. The van der Waals surface area contributed by atoms with E-state index in [9.17, 15) is 8.42 Å². The second-order valence-corrected chi connectivity index (χ2v) is 7.68. The van der Waals surface area contributed by atoms with E-state index in [4.69, 9.17) is 0 Å². The highest BCUT2D eigenvalue weighted by Gasteiger charge is 2.24. The lowest BCUT2D eigenvalue weighted by atomic mass is 10.1. The smallest absolute Gasteiger partial charge is 0.214 e. The van der Waals surface area contributed by atoms with Crippen LogP contribution in [0.25, 0.3) is 0 Å². The molecule has 1 saturated heterocycles. The van der Waals surface area contributed by atoms with Crippen molar-refractivity contribution in [2.24, 2.45) is 5.92 Å². The number of sulfonamides is 1. The molecule has 1 atom stereocenters. The molecule has 0 aromatic rings. The lowest BCUT2D eigenvalue weighted by molar-refractivity contribution is 0.319. The molecule has 108 valence electrons. The van der Waals surface area contributed by atoms with E-state index in [-0.39, 0.29) is 5.75 Å². The molecule has 0 saturated carbocycles. The van der Waals surface area contributed by atoms with Gasteiger partial charge in [-0.05, 0) is 31.7 Å². The Morgan fingerprint density at radius 1 is 1.33 bits per heavy atom. The van der Waals surface area contributed by atoms with E-state index >= 15 is 0 Å². The molecule has 4 nitrogen and oxygen atoms in total. The maximum Gasteiger partial charge on any atom is 0.214 e. The minimum atomic E-state index is -3.07. The van der Waals surface area contributed by atoms with Crippen molar-refractivity contribution in [3.05, 3.63) is 0 Å². The first kappa shape index (κ1) is 15.9. The molecule has 1 fully saturated rings. The van der Waals surface area contributed by atoms with E-state index in [2.05, 4.69) is 19.2 Å². The highest BCUT2D eigenvalue weighted by Crippen LogP contribution is 2.13. The molecule has 0 bridgehead atoms. The minimum Gasteiger partial charge on any atom is -0.313 e. The lowest BCUT2D eigenvalue weighted by Gasteiger charge is -2.29. The van der Waals surface area contributed by atoms with E-state index in [0.29, 0.717) is 25.0 Å². The van der Waals surface area contributed by atoms with E-state index < -0.39 is 10.0 Å². The van der Waals surface area contributed by atoms with Crippen molar-refractivity contribution in [2.75, 3.05) is 25.4 Å². The molecule has 0 aromatic carbocycles. The molecule has 0 aromatic heterocycles. The van der Waals surface area contributed by atoms with Gasteiger partial charge in [0, 0.05) is 19.1 Å². The predicted molar refractivity (Wildman–Crippen MR) is 76.1 cm³/mol. The molecule has 1 unspecified atom stereocenters. The fraction of sp³-hybridized carbons (Fsp3) is 1.00. The summed E-state index contributed by atoms with van der Waals surface area (Å²) in [5.74, 6) is 0.719. The normalized spacial score (nSPS) is 21.7. The van der Waals surface area contributed by atoms with Gasteiger partial charge in [0.2, 0.25) is 10.0 Å². The summed E-state index contributed by atoms with van der Waals surface area (Å²) in [4.78, 5) is 0. The Kier molecular flexibility index (Phi) is 6.60. The molecular formula is C13H28N2O2S. The summed E-state index contributed by atoms with van der Waals surface area (Å²) in [5, 5.41) is 3.41. The third kappa shape index (κ3) is 5.24. The second kappa shape index (κ2) is 7.46. The van der Waals surface area contributed by atoms with Crippen LogP contribution in [0.1, 0.15) is 46.5 Å². The van der Waals surface area contributed by atoms with Crippen molar-refractivity contribution in [3.8, 4) is 0 Å². The van der Waals surface area contributed by atoms with Gasteiger partial charge in [-0.2, -0.15) is 0 Å². The third-order valence-electron chi connectivity index (χ3n) is 3.54. The van der Waals surface area contributed by atoms with Crippen LogP contribution in [0.3, 0.4) is 0 Å². The lowest BCUT2D eigenvalue weighted by Crippen LogP contribution is -2.46. The summed E-state index contributed by atoms with van der Waals surface area (Å²) in [6.07, 6.45) is 4.26. The molecule has 1 rings (SSSR count). The first-order chi connectivity index (χ1) is 8.45. The SMILES string of the molecule is CCN(CC1CCCCN1)S(=O)(=O)CCC(C)C. The van der Waals surface area contributed by atoms with Crippen LogP contribution in [0.4, 0.5) is 0 Å². The van der Waals surface area contributed by atoms with Crippen LogP contribution in [0.15, 0.2) is 0 Å². The van der Waals surface area contributed by atoms with Gasteiger partial charge in [0.1, 0.15) is 0 Å². The summed E-state index contributed by atoms with van der Waals surface area (Å²) < 4.78 is 26.1. The van der Waals surface area contributed by atoms with Crippen LogP contribution in [0.2, 0.25) is 0 Å². The van der Waals surface area contributed by atoms with Crippen LogP contribution in [-0.4, -0.2) is 44.2 Å².